The van der Waals surface area contributed by atoms with Gasteiger partial charge in [0.2, 0.25) is 0 Å². The van der Waals surface area contributed by atoms with Gasteiger partial charge in [-0.2, -0.15) is 0 Å². The van der Waals surface area contributed by atoms with E-state index in [9.17, 15) is 9.18 Å². The molecule has 0 heterocycles. The van der Waals surface area contributed by atoms with E-state index < -0.39 is 11.8 Å². The Labute approximate surface area is 112 Å². The summed E-state index contributed by atoms with van der Waals surface area (Å²) < 4.78 is 29.2. The third kappa shape index (κ3) is 4.12. The molecule has 106 valence electrons. The molecule has 5 heteroatoms. The summed E-state index contributed by atoms with van der Waals surface area (Å²) in [6.07, 6.45) is -0.342. The molecule has 0 fully saturated rings. The highest BCUT2D eigenvalue weighted by molar-refractivity contribution is 5.93. The van der Waals surface area contributed by atoms with Crippen molar-refractivity contribution in [3.05, 3.63) is 23.5 Å². The van der Waals surface area contributed by atoms with Crippen molar-refractivity contribution < 1.29 is 23.4 Å². The van der Waals surface area contributed by atoms with E-state index >= 15 is 0 Å². The quantitative estimate of drug-likeness (QED) is 0.771. The second kappa shape index (κ2) is 6.41. The second-order valence-corrected chi connectivity index (χ2v) is 4.61. The Morgan fingerprint density at radius 2 is 1.68 bits per heavy atom. The maximum atomic E-state index is 13.5. The van der Waals surface area contributed by atoms with Gasteiger partial charge in [0, 0.05) is 6.07 Å². The van der Waals surface area contributed by atoms with E-state index in [0.29, 0.717) is 0 Å². The van der Waals surface area contributed by atoms with Crippen molar-refractivity contribution in [3.8, 4) is 11.5 Å². The molecule has 0 N–H and O–H groups in total. The highest BCUT2D eigenvalue weighted by Gasteiger charge is 2.21. The monoisotopic (exact) mass is 270 g/mol. The van der Waals surface area contributed by atoms with E-state index in [1.165, 1.54) is 13.2 Å². The van der Waals surface area contributed by atoms with Gasteiger partial charge in [0.15, 0.2) is 11.5 Å². The van der Waals surface area contributed by atoms with Crippen LogP contribution in [0.1, 0.15) is 38.1 Å². The lowest BCUT2D eigenvalue weighted by Crippen LogP contribution is -2.15. The zero-order chi connectivity index (χ0) is 14.6. The molecule has 1 aromatic carbocycles. The number of carbonyl (C=O) groups is 1. The van der Waals surface area contributed by atoms with Crippen molar-refractivity contribution in [1.82, 2.24) is 0 Å². The second-order valence-electron chi connectivity index (χ2n) is 4.61. The Kier molecular flexibility index (Phi) is 5.15. The standard InChI is InChI=1S/C14H19FO4/c1-8(2)18-12-7-10(15)6-11(14(16)17-5)13(12)19-9(3)4/h6-9H,1-5H3. The summed E-state index contributed by atoms with van der Waals surface area (Å²) in [5.74, 6) is -0.836. The van der Waals surface area contributed by atoms with Crippen LogP contribution in [-0.4, -0.2) is 25.3 Å². The van der Waals surface area contributed by atoms with Gasteiger partial charge in [-0.1, -0.05) is 0 Å². The van der Waals surface area contributed by atoms with Gasteiger partial charge in [0.25, 0.3) is 0 Å². The van der Waals surface area contributed by atoms with E-state index in [1.54, 1.807) is 0 Å². The first-order chi connectivity index (χ1) is 8.85. The van der Waals surface area contributed by atoms with Crippen LogP contribution in [0.4, 0.5) is 4.39 Å². The van der Waals surface area contributed by atoms with Crippen LogP contribution in [0.15, 0.2) is 12.1 Å². The molecule has 0 saturated carbocycles. The van der Waals surface area contributed by atoms with E-state index in [-0.39, 0.29) is 29.3 Å². The van der Waals surface area contributed by atoms with Gasteiger partial charge >= 0.3 is 5.97 Å². The summed E-state index contributed by atoms with van der Waals surface area (Å²) in [6, 6.07) is 2.28. The molecule has 0 radical (unpaired) electrons. The van der Waals surface area contributed by atoms with Gasteiger partial charge in [-0.05, 0) is 33.8 Å². The Bertz CT molecular complexity index is 455. The molecule has 0 bridgehead atoms. The SMILES string of the molecule is COC(=O)c1cc(F)cc(OC(C)C)c1OC(C)C. The van der Waals surface area contributed by atoms with E-state index in [1.807, 2.05) is 27.7 Å². The minimum Gasteiger partial charge on any atom is -0.487 e. The van der Waals surface area contributed by atoms with E-state index in [0.717, 1.165) is 6.07 Å². The van der Waals surface area contributed by atoms with Crippen molar-refractivity contribution in [3.63, 3.8) is 0 Å². The number of benzene rings is 1. The molecule has 0 aromatic heterocycles. The molecule has 19 heavy (non-hydrogen) atoms. The topological polar surface area (TPSA) is 44.8 Å². The summed E-state index contributed by atoms with van der Waals surface area (Å²) in [5.41, 5.74) is 0.0202. The molecule has 1 rings (SSSR count). The molecule has 0 aliphatic rings. The van der Waals surface area contributed by atoms with Crippen LogP contribution in [0, 0.1) is 5.82 Å². The highest BCUT2D eigenvalue weighted by atomic mass is 19.1. The molecule has 0 atom stereocenters. The Hall–Kier alpha value is -1.78. The van der Waals surface area contributed by atoms with Gasteiger partial charge in [-0.15, -0.1) is 0 Å². The summed E-state index contributed by atoms with van der Waals surface area (Å²) in [7, 11) is 1.23. The lowest BCUT2D eigenvalue weighted by atomic mass is 10.1. The first-order valence-corrected chi connectivity index (χ1v) is 6.10. The molecule has 0 spiro atoms. The lowest BCUT2D eigenvalue weighted by molar-refractivity contribution is 0.0591. The summed E-state index contributed by atoms with van der Waals surface area (Å²) >= 11 is 0. The van der Waals surface area contributed by atoms with Crippen LogP contribution in [0.2, 0.25) is 0 Å². The molecule has 0 saturated heterocycles. The lowest BCUT2D eigenvalue weighted by Gasteiger charge is -2.19. The zero-order valence-corrected chi connectivity index (χ0v) is 11.8. The van der Waals surface area contributed by atoms with E-state index in [4.69, 9.17) is 9.47 Å². The molecule has 0 aliphatic heterocycles. The van der Waals surface area contributed by atoms with Gasteiger partial charge in [-0.25, -0.2) is 9.18 Å². The van der Waals surface area contributed by atoms with Gasteiger partial charge in [0.1, 0.15) is 11.4 Å². The fourth-order valence-corrected chi connectivity index (χ4v) is 1.53. The molecular weight excluding hydrogens is 251 g/mol. The summed E-state index contributed by atoms with van der Waals surface area (Å²) in [4.78, 5) is 11.7. The third-order valence-electron chi connectivity index (χ3n) is 2.14. The smallest absolute Gasteiger partial charge is 0.341 e. The molecule has 0 aliphatic carbocycles. The molecular formula is C14H19FO4. The van der Waals surface area contributed by atoms with Crippen LogP contribution < -0.4 is 9.47 Å². The average molecular weight is 270 g/mol. The summed E-state index contributed by atoms with van der Waals surface area (Å²) in [6.45, 7) is 7.23. The fraction of sp³-hybridized carbons (Fsp3) is 0.500. The van der Waals surface area contributed by atoms with Crippen molar-refractivity contribution in [2.24, 2.45) is 0 Å². The minimum atomic E-state index is -0.663. The average Bonchev–Trinajstić information content (AvgIpc) is 2.30. The predicted molar refractivity (Wildman–Crippen MR) is 69.3 cm³/mol. The Morgan fingerprint density at radius 3 is 2.16 bits per heavy atom. The van der Waals surface area contributed by atoms with E-state index in [2.05, 4.69) is 4.74 Å². The van der Waals surface area contributed by atoms with Crippen molar-refractivity contribution in [2.45, 2.75) is 39.9 Å². The minimum absolute atomic E-state index is 0.0202. The maximum absolute atomic E-state index is 13.5. The molecule has 4 nitrogen and oxygen atoms in total. The van der Waals surface area contributed by atoms with Crippen LogP contribution in [0.25, 0.3) is 0 Å². The molecule has 1 aromatic rings. The summed E-state index contributed by atoms with van der Waals surface area (Å²) in [5, 5.41) is 0. The number of carbonyl (C=O) groups excluding carboxylic acids is 1. The van der Waals surface area contributed by atoms with Crippen LogP contribution in [0.3, 0.4) is 0 Å². The predicted octanol–water partition coefficient (Wildman–Crippen LogP) is 3.19. The molecule has 0 unspecified atom stereocenters. The number of esters is 1. The van der Waals surface area contributed by atoms with Crippen LogP contribution in [-0.2, 0) is 4.74 Å². The van der Waals surface area contributed by atoms with Gasteiger partial charge < -0.3 is 14.2 Å². The molecule has 0 amide bonds. The number of hydrogen-bond donors (Lipinski definition) is 0. The van der Waals surface area contributed by atoms with Crippen molar-refractivity contribution >= 4 is 5.97 Å². The highest BCUT2D eigenvalue weighted by Crippen LogP contribution is 2.34. The van der Waals surface area contributed by atoms with Crippen LogP contribution in [0.5, 0.6) is 11.5 Å². The normalized spacial score (nSPS) is 10.7. The van der Waals surface area contributed by atoms with Gasteiger partial charge in [0.05, 0.1) is 19.3 Å². The Balaban J connectivity index is 3.34. The number of rotatable bonds is 5. The first kappa shape index (κ1) is 15.3. The third-order valence-corrected chi connectivity index (χ3v) is 2.14. The first-order valence-electron chi connectivity index (χ1n) is 6.10. The van der Waals surface area contributed by atoms with Crippen molar-refractivity contribution in [1.29, 1.82) is 0 Å². The maximum Gasteiger partial charge on any atom is 0.341 e. The van der Waals surface area contributed by atoms with Crippen molar-refractivity contribution in [2.75, 3.05) is 7.11 Å². The number of hydrogen-bond acceptors (Lipinski definition) is 4. The number of halogens is 1. The fourth-order valence-electron chi connectivity index (χ4n) is 1.53. The largest absolute Gasteiger partial charge is 0.487 e. The van der Waals surface area contributed by atoms with Crippen LogP contribution >= 0.6 is 0 Å². The Morgan fingerprint density at radius 1 is 1.11 bits per heavy atom. The number of ether oxygens (including phenoxy) is 3. The van der Waals surface area contributed by atoms with Gasteiger partial charge in [-0.3, -0.25) is 0 Å². The zero-order valence-electron chi connectivity index (χ0n) is 11.8. The number of methoxy groups -OCH3 is 1.